The number of rotatable bonds is 11. The molecule has 0 fully saturated rings. The summed E-state index contributed by atoms with van der Waals surface area (Å²) >= 11 is 0. The number of pyridine rings is 1. The van der Waals surface area contributed by atoms with Gasteiger partial charge in [0.25, 0.3) is 0 Å². The molecule has 4 heteroatoms. The monoisotopic (exact) mass is 466 g/mol. The zero-order valence-electron chi connectivity index (χ0n) is 20.5. The Morgan fingerprint density at radius 2 is 1.29 bits per heavy atom. The van der Waals surface area contributed by atoms with Gasteiger partial charge in [0.2, 0.25) is 0 Å². The van der Waals surface area contributed by atoms with E-state index in [4.69, 9.17) is 4.74 Å². The zero-order valence-corrected chi connectivity index (χ0v) is 20.5. The molecule has 0 bridgehead atoms. The highest BCUT2D eigenvalue weighted by Gasteiger charge is 2.42. The normalized spacial score (nSPS) is 13.8. The van der Waals surface area contributed by atoms with Crippen molar-refractivity contribution in [2.75, 3.05) is 26.2 Å². The van der Waals surface area contributed by atoms with Crippen molar-refractivity contribution in [3.63, 3.8) is 0 Å². The molecule has 4 nitrogen and oxygen atoms in total. The first-order valence-electron chi connectivity index (χ1n) is 12.3. The Morgan fingerprint density at radius 1 is 0.743 bits per heavy atom. The third kappa shape index (κ3) is 5.61. The SMILES string of the molecule is CCN(CC)CCOc1ccc([C@@](O)(c2ccccc2)[C@H](c2ccccc2)c2ccncc2)cc1. The number of aromatic nitrogens is 1. The summed E-state index contributed by atoms with van der Waals surface area (Å²) in [6.07, 6.45) is 3.56. The summed E-state index contributed by atoms with van der Waals surface area (Å²) in [6.45, 7) is 7.87. The molecule has 4 rings (SSSR count). The minimum Gasteiger partial charge on any atom is -0.492 e. The van der Waals surface area contributed by atoms with Crippen molar-refractivity contribution >= 4 is 0 Å². The largest absolute Gasteiger partial charge is 0.492 e. The number of hydrogen-bond acceptors (Lipinski definition) is 4. The van der Waals surface area contributed by atoms with Crippen LogP contribution < -0.4 is 4.74 Å². The lowest BCUT2D eigenvalue weighted by Crippen LogP contribution is -2.35. The predicted octanol–water partition coefficient (Wildman–Crippen LogP) is 5.87. The number of benzene rings is 3. The second kappa shape index (κ2) is 11.8. The Kier molecular flexibility index (Phi) is 8.30. The molecule has 4 aromatic rings. The summed E-state index contributed by atoms with van der Waals surface area (Å²) in [5.74, 6) is 0.472. The highest BCUT2D eigenvalue weighted by molar-refractivity contribution is 5.48. The summed E-state index contributed by atoms with van der Waals surface area (Å²) in [4.78, 5) is 6.55. The van der Waals surface area contributed by atoms with Crippen LogP contribution in [0.5, 0.6) is 5.75 Å². The molecule has 0 unspecified atom stereocenters. The van der Waals surface area contributed by atoms with E-state index >= 15 is 0 Å². The van der Waals surface area contributed by atoms with Gasteiger partial charge in [0.1, 0.15) is 18.0 Å². The van der Waals surface area contributed by atoms with Crippen LogP contribution in [0.1, 0.15) is 42.0 Å². The van der Waals surface area contributed by atoms with E-state index in [0.717, 1.165) is 47.6 Å². The second-order valence-corrected chi connectivity index (χ2v) is 8.66. The van der Waals surface area contributed by atoms with E-state index in [9.17, 15) is 5.11 Å². The summed E-state index contributed by atoms with van der Waals surface area (Å²) in [5, 5.41) is 12.7. The molecule has 0 aliphatic heterocycles. The van der Waals surface area contributed by atoms with Crippen LogP contribution in [0.3, 0.4) is 0 Å². The zero-order chi connectivity index (χ0) is 24.5. The number of nitrogens with zero attached hydrogens (tertiary/aromatic N) is 2. The quantitative estimate of drug-likeness (QED) is 0.300. The van der Waals surface area contributed by atoms with Gasteiger partial charge in [0.15, 0.2) is 0 Å². The van der Waals surface area contributed by atoms with Gasteiger partial charge >= 0.3 is 0 Å². The van der Waals surface area contributed by atoms with Crippen molar-refractivity contribution in [2.45, 2.75) is 25.4 Å². The lowest BCUT2D eigenvalue weighted by atomic mass is 9.70. The lowest BCUT2D eigenvalue weighted by molar-refractivity contribution is 0.0624. The molecule has 0 amide bonds. The summed E-state index contributed by atoms with van der Waals surface area (Å²) in [5.41, 5.74) is 2.37. The fraction of sp³-hybridized carbons (Fsp3) is 0.258. The van der Waals surface area contributed by atoms with E-state index in [2.05, 4.69) is 35.9 Å². The molecule has 0 saturated heterocycles. The van der Waals surface area contributed by atoms with Crippen LogP contribution in [0.4, 0.5) is 0 Å². The van der Waals surface area contributed by atoms with Crippen molar-refractivity contribution in [1.29, 1.82) is 0 Å². The van der Waals surface area contributed by atoms with Gasteiger partial charge in [-0.1, -0.05) is 86.6 Å². The third-order valence-corrected chi connectivity index (χ3v) is 6.67. The Hall–Kier alpha value is -3.47. The lowest BCUT2D eigenvalue weighted by Gasteiger charge is -2.38. The highest BCUT2D eigenvalue weighted by atomic mass is 16.5. The maximum absolute atomic E-state index is 12.7. The van der Waals surface area contributed by atoms with E-state index in [1.54, 1.807) is 12.4 Å². The maximum Gasteiger partial charge on any atom is 0.125 e. The van der Waals surface area contributed by atoms with Crippen LogP contribution in [0, 0.1) is 0 Å². The molecule has 1 heterocycles. The van der Waals surface area contributed by atoms with E-state index in [0.29, 0.717) is 6.61 Å². The van der Waals surface area contributed by atoms with Gasteiger partial charge in [-0.25, -0.2) is 0 Å². The summed E-state index contributed by atoms with van der Waals surface area (Å²) in [7, 11) is 0. The number of ether oxygens (including phenoxy) is 1. The molecule has 180 valence electrons. The van der Waals surface area contributed by atoms with Crippen molar-refractivity contribution in [2.24, 2.45) is 0 Å². The fourth-order valence-electron chi connectivity index (χ4n) is 4.71. The molecular weight excluding hydrogens is 432 g/mol. The van der Waals surface area contributed by atoms with Crippen LogP contribution in [0.15, 0.2) is 109 Å². The van der Waals surface area contributed by atoms with Crippen LogP contribution >= 0.6 is 0 Å². The molecule has 1 N–H and O–H groups in total. The van der Waals surface area contributed by atoms with E-state index in [-0.39, 0.29) is 5.92 Å². The van der Waals surface area contributed by atoms with Gasteiger partial charge in [-0.2, -0.15) is 0 Å². The van der Waals surface area contributed by atoms with Crippen LogP contribution in [0.25, 0.3) is 0 Å². The maximum atomic E-state index is 12.7. The van der Waals surface area contributed by atoms with Crippen molar-refractivity contribution in [3.05, 3.63) is 132 Å². The average Bonchev–Trinajstić information content (AvgIpc) is 2.93. The fourth-order valence-corrected chi connectivity index (χ4v) is 4.71. The smallest absolute Gasteiger partial charge is 0.125 e. The predicted molar refractivity (Wildman–Crippen MR) is 142 cm³/mol. The second-order valence-electron chi connectivity index (χ2n) is 8.66. The third-order valence-electron chi connectivity index (χ3n) is 6.67. The van der Waals surface area contributed by atoms with Crippen LogP contribution in [-0.4, -0.2) is 41.2 Å². The first-order chi connectivity index (χ1) is 17.2. The van der Waals surface area contributed by atoms with Crippen molar-refractivity contribution in [1.82, 2.24) is 9.88 Å². The minimum absolute atomic E-state index is 0.330. The molecule has 0 saturated carbocycles. The molecule has 0 aliphatic carbocycles. The van der Waals surface area contributed by atoms with Crippen molar-refractivity contribution < 1.29 is 9.84 Å². The summed E-state index contributed by atoms with van der Waals surface area (Å²) in [6, 6.07) is 31.9. The van der Waals surface area contributed by atoms with Gasteiger partial charge in [0, 0.05) is 24.9 Å². The molecule has 2 atom stereocenters. The Balaban J connectivity index is 1.74. The Bertz CT molecular complexity index is 1110. The number of likely N-dealkylation sites (N-methyl/N-ethyl adjacent to an activating group) is 1. The van der Waals surface area contributed by atoms with Gasteiger partial charge in [-0.3, -0.25) is 4.98 Å². The van der Waals surface area contributed by atoms with Crippen LogP contribution in [-0.2, 0) is 5.60 Å². The molecule has 1 aromatic heterocycles. The Morgan fingerprint density at radius 3 is 1.89 bits per heavy atom. The molecular formula is C31H34N2O2. The summed E-state index contributed by atoms with van der Waals surface area (Å²) < 4.78 is 6.01. The number of aliphatic hydroxyl groups is 1. The standard InChI is InChI=1S/C31H34N2O2/c1-3-33(4-2)23-24-35-29-17-15-28(16-18-29)31(34,27-13-9-6-10-14-27)30(25-11-7-5-8-12-25)26-19-21-32-22-20-26/h5-22,30,34H,3-4,23-24H2,1-2H3/t30-,31+/m1/s1. The van der Waals surface area contributed by atoms with Crippen LogP contribution in [0.2, 0.25) is 0 Å². The van der Waals surface area contributed by atoms with E-state index in [1.165, 1.54) is 0 Å². The molecule has 3 aromatic carbocycles. The topological polar surface area (TPSA) is 45.6 Å². The molecule has 0 aliphatic rings. The highest BCUT2D eigenvalue weighted by Crippen LogP contribution is 2.46. The number of hydrogen-bond donors (Lipinski definition) is 1. The minimum atomic E-state index is -1.30. The van der Waals surface area contributed by atoms with Gasteiger partial charge < -0.3 is 14.7 Å². The Labute approximate surface area is 208 Å². The average molecular weight is 467 g/mol. The molecule has 0 radical (unpaired) electrons. The first kappa shape index (κ1) is 24.6. The van der Waals surface area contributed by atoms with Gasteiger partial charge in [0.05, 0.1) is 0 Å². The van der Waals surface area contributed by atoms with Gasteiger partial charge in [-0.15, -0.1) is 0 Å². The van der Waals surface area contributed by atoms with Crippen molar-refractivity contribution in [3.8, 4) is 5.75 Å². The molecule has 35 heavy (non-hydrogen) atoms. The van der Waals surface area contributed by atoms with E-state index < -0.39 is 5.60 Å². The van der Waals surface area contributed by atoms with Gasteiger partial charge in [-0.05, 0) is 59.6 Å². The van der Waals surface area contributed by atoms with E-state index in [1.807, 2.05) is 84.9 Å². The molecule has 0 spiro atoms. The first-order valence-corrected chi connectivity index (χ1v) is 12.3.